The number of pyridine rings is 1. The number of ether oxygens (including phenoxy) is 2. The number of fused-ring (bicyclic) bond motifs is 1. The Morgan fingerprint density at radius 2 is 2.28 bits per heavy atom. The van der Waals surface area contributed by atoms with Crippen LogP contribution in [-0.4, -0.2) is 36.4 Å². The van der Waals surface area contributed by atoms with Crippen molar-refractivity contribution in [3.8, 4) is 5.88 Å². The molecule has 18 heavy (non-hydrogen) atoms. The topological polar surface area (TPSA) is 68.7 Å². The summed E-state index contributed by atoms with van der Waals surface area (Å²) >= 11 is 0. The van der Waals surface area contributed by atoms with E-state index in [1.807, 2.05) is 0 Å². The van der Waals surface area contributed by atoms with E-state index in [-0.39, 0.29) is 11.4 Å². The minimum absolute atomic E-state index is 0.160. The first-order chi connectivity index (χ1) is 8.72. The van der Waals surface area contributed by atoms with Crippen molar-refractivity contribution >= 4 is 5.97 Å². The minimum atomic E-state index is -0.987. The Balaban J connectivity index is 2.14. The molecule has 5 nitrogen and oxygen atoms in total. The van der Waals surface area contributed by atoms with Crippen molar-refractivity contribution in [1.82, 2.24) is 4.98 Å². The molecule has 1 aliphatic carbocycles. The number of rotatable bonds is 6. The number of aryl methyl sites for hydroxylation is 2. The zero-order valence-electron chi connectivity index (χ0n) is 10.4. The van der Waals surface area contributed by atoms with Crippen molar-refractivity contribution in [3.63, 3.8) is 0 Å². The van der Waals surface area contributed by atoms with Crippen LogP contribution in [0.25, 0.3) is 0 Å². The van der Waals surface area contributed by atoms with Gasteiger partial charge < -0.3 is 14.6 Å². The second-order valence-corrected chi connectivity index (χ2v) is 4.30. The second kappa shape index (κ2) is 5.82. The summed E-state index contributed by atoms with van der Waals surface area (Å²) in [6.45, 7) is 1.01. The quantitative estimate of drug-likeness (QED) is 0.779. The molecule has 0 saturated heterocycles. The van der Waals surface area contributed by atoms with Gasteiger partial charge in [-0.15, -0.1) is 0 Å². The van der Waals surface area contributed by atoms with Gasteiger partial charge in [-0.2, -0.15) is 0 Å². The van der Waals surface area contributed by atoms with Gasteiger partial charge in [0, 0.05) is 25.8 Å². The average Bonchev–Trinajstić information content (AvgIpc) is 2.80. The Morgan fingerprint density at radius 1 is 1.44 bits per heavy atom. The fraction of sp³-hybridized carbons (Fsp3) is 0.538. The van der Waals surface area contributed by atoms with Crippen LogP contribution in [0.5, 0.6) is 5.88 Å². The lowest BCUT2D eigenvalue weighted by Crippen LogP contribution is -2.09. The molecule has 2 rings (SSSR count). The van der Waals surface area contributed by atoms with Crippen LogP contribution in [0.3, 0.4) is 0 Å². The predicted octanol–water partition coefficient (Wildman–Crippen LogP) is 1.68. The largest absolute Gasteiger partial charge is 0.477 e. The van der Waals surface area contributed by atoms with E-state index in [4.69, 9.17) is 14.6 Å². The third kappa shape index (κ3) is 2.79. The lowest BCUT2D eigenvalue weighted by molar-refractivity contribution is 0.0690. The van der Waals surface area contributed by atoms with Gasteiger partial charge in [-0.1, -0.05) is 0 Å². The molecule has 1 aromatic rings. The molecule has 0 bridgehead atoms. The van der Waals surface area contributed by atoms with Crippen molar-refractivity contribution in [2.45, 2.75) is 25.7 Å². The number of nitrogens with zero attached hydrogens (tertiary/aromatic N) is 1. The van der Waals surface area contributed by atoms with Gasteiger partial charge >= 0.3 is 5.97 Å². The van der Waals surface area contributed by atoms with E-state index in [0.717, 1.165) is 30.5 Å². The molecule has 0 fully saturated rings. The fourth-order valence-corrected chi connectivity index (χ4v) is 2.09. The van der Waals surface area contributed by atoms with E-state index in [9.17, 15) is 4.79 Å². The van der Waals surface area contributed by atoms with Crippen LogP contribution < -0.4 is 4.74 Å². The number of carboxylic acid groups (broad SMARTS) is 1. The number of methoxy groups -OCH3 is 1. The molecule has 98 valence electrons. The summed E-state index contributed by atoms with van der Waals surface area (Å²) in [4.78, 5) is 15.5. The van der Waals surface area contributed by atoms with Crippen molar-refractivity contribution in [1.29, 1.82) is 0 Å². The van der Waals surface area contributed by atoms with Crippen LogP contribution >= 0.6 is 0 Å². The summed E-state index contributed by atoms with van der Waals surface area (Å²) < 4.78 is 10.4. The Bertz CT molecular complexity index is 445. The summed E-state index contributed by atoms with van der Waals surface area (Å²) in [6, 6.07) is 1.70. The maximum absolute atomic E-state index is 11.2. The van der Waals surface area contributed by atoms with E-state index in [0.29, 0.717) is 19.6 Å². The predicted molar refractivity (Wildman–Crippen MR) is 65.2 cm³/mol. The molecule has 0 atom stereocenters. The maximum Gasteiger partial charge on any atom is 0.341 e. The van der Waals surface area contributed by atoms with Crippen LogP contribution in [0, 0.1) is 0 Å². The number of hydrogen-bond donors (Lipinski definition) is 1. The van der Waals surface area contributed by atoms with Crippen LogP contribution in [-0.2, 0) is 17.6 Å². The second-order valence-electron chi connectivity index (χ2n) is 4.30. The van der Waals surface area contributed by atoms with E-state index in [2.05, 4.69) is 4.98 Å². The molecule has 1 heterocycles. The summed E-state index contributed by atoms with van der Waals surface area (Å²) in [7, 11) is 1.62. The molecule has 0 spiro atoms. The molecule has 1 aliphatic rings. The van der Waals surface area contributed by atoms with Gasteiger partial charge in [0.25, 0.3) is 0 Å². The monoisotopic (exact) mass is 251 g/mol. The summed E-state index contributed by atoms with van der Waals surface area (Å²) in [5, 5.41) is 9.15. The van der Waals surface area contributed by atoms with Gasteiger partial charge in [-0.25, -0.2) is 9.78 Å². The highest BCUT2D eigenvalue weighted by molar-refractivity contribution is 5.90. The standard InChI is InChI=1S/C13H17NO4/c1-17-6-3-7-18-12-10(13(15)16)8-9-4-2-5-11(9)14-12/h8H,2-7H2,1H3,(H,15,16). The Hall–Kier alpha value is -1.62. The first-order valence-electron chi connectivity index (χ1n) is 6.10. The summed E-state index contributed by atoms with van der Waals surface area (Å²) in [5.41, 5.74) is 2.17. The van der Waals surface area contributed by atoms with Crippen molar-refractivity contribution in [3.05, 3.63) is 22.9 Å². The molecular weight excluding hydrogens is 234 g/mol. The molecule has 1 aromatic heterocycles. The molecule has 0 aromatic carbocycles. The third-order valence-corrected chi connectivity index (χ3v) is 2.98. The van der Waals surface area contributed by atoms with Gasteiger partial charge in [0.15, 0.2) is 0 Å². The number of carbonyl (C=O) groups is 1. The zero-order valence-corrected chi connectivity index (χ0v) is 10.4. The molecule has 0 amide bonds. The van der Waals surface area contributed by atoms with Gasteiger partial charge in [-0.05, 0) is 30.9 Å². The van der Waals surface area contributed by atoms with E-state index >= 15 is 0 Å². The molecule has 0 saturated carbocycles. The van der Waals surface area contributed by atoms with E-state index in [1.54, 1.807) is 13.2 Å². The zero-order chi connectivity index (χ0) is 13.0. The highest BCUT2D eigenvalue weighted by Crippen LogP contribution is 2.26. The van der Waals surface area contributed by atoms with E-state index in [1.165, 1.54) is 0 Å². The van der Waals surface area contributed by atoms with Gasteiger partial charge in [-0.3, -0.25) is 0 Å². The first-order valence-corrected chi connectivity index (χ1v) is 6.10. The summed E-state index contributed by atoms with van der Waals surface area (Å²) in [6.07, 6.45) is 3.57. The molecular formula is C13H17NO4. The van der Waals surface area contributed by atoms with Gasteiger partial charge in [0.2, 0.25) is 5.88 Å². The lowest BCUT2D eigenvalue weighted by atomic mass is 10.1. The van der Waals surface area contributed by atoms with Gasteiger partial charge in [0.1, 0.15) is 5.56 Å². The highest BCUT2D eigenvalue weighted by atomic mass is 16.5. The molecule has 5 heteroatoms. The van der Waals surface area contributed by atoms with Crippen molar-refractivity contribution in [2.75, 3.05) is 20.3 Å². The Labute approximate surface area is 106 Å². The average molecular weight is 251 g/mol. The molecule has 0 unspecified atom stereocenters. The van der Waals surface area contributed by atoms with Crippen LogP contribution in [0.2, 0.25) is 0 Å². The van der Waals surface area contributed by atoms with Crippen molar-refractivity contribution in [2.24, 2.45) is 0 Å². The Kier molecular flexibility index (Phi) is 4.15. The smallest absolute Gasteiger partial charge is 0.341 e. The van der Waals surface area contributed by atoms with Crippen LogP contribution in [0.15, 0.2) is 6.07 Å². The summed E-state index contributed by atoms with van der Waals surface area (Å²) in [5.74, 6) is -0.752. The third-order valence-electron chi connectivity index (χ3n) is 2.98. The Morgan fingerprint density at radius 3 is 3.00 bits per heavy atom. The van der Waals surface area contributed by atoms with E-state index < -0.39 is 5.97 Å². The number of carboxylic acids is 1. The molecule has 0 aliphatic heterocycles. The number of aromatic nitrogens is 1. The van der Waals surface area contributed by atoms with Crippen LogP contribution in [0.1, 0.15) is 34.5 Å². The minimum Gasteiger partial charge on any atom is -0.477 e. The maximum atomic E-state index is 11.2. The molecule has 1 N–H and O–H groups in total. The number of aromatic carboxylic acids is 1. The van der Waals surface area contributed by atoms with Gasteiger partial charge in [0.05, 0.1) is 6.61 Å². The SMILES string of the molecule is COCCCOc1nc2c(cc1C(=O)O)CCC2. The number of hydrogen-bond acceptors (Lipinski definition) is 4. The van der Waals surface area contributed by atoms with Crippen LogP contribution in [0.4, 0.5) is 0 Å². The normalized spacial score (nSPS) is 13.4. The molecule has 0 radical (unpaired) electrons. The first kappa shape index (κ1) is 12.8. The van der Waals surface area contributed by atoms with Crippen molar-refractivity contribution < 1.29 is 19.4 Å². The fourth-order valence-electron chi connectivity index (χ4n) is 2.09. The highest BCUT2D eigenvalue weighted by Gasteiger charge is 2.20. The lowest BCUT2D eigenvalue weighted by Gasteiger charge is -2.10.